The Bertz CT molecular complexity index is 1410. The lowest BCUT2D eigenvalue weighted by molar-refractivity contribution is -0.298. The van der Waals surface area contributed by atoms with E-state index in [9.17, 15) is 19.8 Å². The van der Waals surface area contributed by atoms with Crippen molar-refractivity contribution in [2.24, 2.45) is 23.7 Å². The SMILES string of the molecule is CC[C@H]1OC(=O)C(C)C(=O)[C@H](C)[C@@H](O[C@@H]2O[C@H](C)C[C@H](N(C)C)[C@H]2O)[C@@]2(C)C[C@@H](C)CN(C/C=C/c3ccccn3)[C@H](C)[C@H](OC3CC3CO2)[C@]1(C)O. The number of aliphatic hydroxyl groups is 2. The number of carbonyl (C=O) groups excluding carboxylic acids is 2. The topological polar surface area (TPSA) is 140 Å². The number of likely N-dealkylation sites (N-methyl/N-ethyl adjacent to an activating group) is 1. The van der Waals surface area contributed by atoms with Crippen LogP contribution in [0.15, 0.2) is 30.5 Å². The zero-order valence-electron chi connectivity index (χ0n) is 33.5. The smallest absolute Gasteiger partial charge is 0.316 e. The van der Waals surface area contributed by atoms with Gasteiger partial charge in [-0.25, -0.2) is 0 Å². The van der Waals surface area contributed by atoms with Crippen LogP contribution in [-0.4, -0.2) is 137 Å². The fourth-order valence-electron chi connectivity index (χ4n) is 8.87. The zero-order valence-corrected chi connectivity index (χ0v) is 33.5. The van der Waals surface area contributed by atoms with Gasteiger partial charge in [-0.3, -0.25) is 19.5 Å². The average molecular weight is 744 g/mol. The van der Waals surface area contributed by atoms with E-state index in [1.165, 1.54) is 0 Å². The van der Waals surface area contributed by atoms with Crippen LogP contribution in [0.1, 0.15) is 86.8 Å². The van der Waals surface area contributed by atoms with Crippen molar-refractivity contribution in [1.82, 2.24) is 14.8 Å². The van der Waals surface area contributed by atoms with Crippen LogP contribution in [0.2, 0.25) is 0 Å². The summed E-state index contributed by atoms with van der Waals surface area (Å²) in [5, 5.41) is 24.0. The van der Waals surface area contributed by atoms with E-state index < -0.39 is 59.7 Å². The molecule has 5 heterocycles. The van der Waals surface area contributed by atoms with Gasteiger partial charge in [0.2, 0.25) is 0 Å². The Kier molecular flexibility index (Phi) is 13.6. The van der Waals surface area contributed by atoms with Crippen molar-refractivity contribution in [1.29, 1.82) is 0 Å². The Hall–Kier alpha value is -2.29. The second kappa shape index (κ2) is 17.2. The van der Waals surface area contributed by atoms with Crippen molar-refractivity contribution < 1.29 is 43.5 Å². The van der Waals surface area contributed by atoms with Gasteiger partial charge in [-0.2, -0.15) is 0 Å². The number of aliphatic hydroxyl groups excluding tert-OH is 1. The van der Waals surface area contributed by atoms with Crippen LogP contribution in [0, 0.1) is 23.7 Å². The second-order valence-corrected chi connectivity index (χ2v) is 17.0. The van der Waals surface area contributed by atoms with Gasteiger partial charge in [0.25, 0.3) is 0 Å². The minimum absolute atomic E-state index is 0.00665. The summed E-state index contributed by atoms with van der Waals surface area (Å²) >= 11 is 0. The predicted molar refractivity (Wildman–Crippen MR) is 201 cm³/mol. The number of ether oxygens (including phenoxy) is 5. The minimum Gasteiger partial charge on any atom is -0.459 e. The van der Waals surface area contributed by atoms with Crippen LogP contribution >= 0.6 is 0 Å². The maximum atomic E-state index is 14.4. The molecule has 6 rings (SSSR count). The van der Waals surface area contributed by atoms with Gasteiger partial charge in [0.1, 0.15) is 29.8 Å². The van der Waals surface area contributed by atoms with E-state index in [0.717, 1.165) is 12.1 Å². The molecule has 1 aliphatic carbocycles. The third-order valence-corrected chi connectivity index (χ3v) is 12.1. The average Bonchev–Trinajstić information content (AvgIpc) is 3.87. The van der Waals surface area contributed by atoms with Gasteiger partial charge in [0.15, 0.2) is 12.1 Å². The molecule has 15 atom stereocenters. The molecule has 1 aromatic rings. The number of aromatic nitrogens is 1. The molecule has 0 radical (unpaired) electrons. The third kappa shape index (κ3) is 9.57. The summed E-state index contributed by atoms with van der Waals surface area (Å²) in [6.45, 7) is 16.5. The highest BCUT2D eigenvalue weighted by Crippen LogP contribution is 2.44. The summed E-state index contributed by atoms with van der Waals surface area (Å²) in [4.78, 5) is 37.0. The highest BCUT2D eigenvalue weighted by molar-refractivity contribution is 6.00. The fourth-order valence-corrected chi connectivity index (χ4v) is 8.87. The molecule has 3 unspecified atom stereocenters. The Morgan fingerprint density at radius 2 is 1.83 bits per heavy atom. The van der Waals surface area contributed by atoms with Gasteiger partial charge in [-0.15, -0.1) is 0 Å². The maximum Gasteiger partial charge on any atom is 0.316 e. The highest BCUT2D eigenvalue weighted by atomic mass is 16.7. The van der Waals surface area contributed by atoms with E-state index in [2.05, 4.69) is 29.8 Å². The van der Waals surface area contributed by atoms with E-state index in [1.807, 2.05) is 64.0 Å². The molecule has 1 aromatic heterocycles. The first-order valence-corrected chi connectivity index (χ1v) is 19.7. The van der Waals surface area contributed by atoms with Crippen LogP contribution in [-0.2, 0) is 33.3 Å². The number of fused-ring (bicyclic) bond motifs is 12. The first-order chi connectivity index (χ1) is 25.0. The highest BCUT2D eigenvalue weighted by Gasteiger charge is 2.55. The van der Waals surface area contributed by atoms with Crippen molar-refractivity contribution in [2.45, 2.75) is 147 Å². The Morgan fingerprint density at radius 3 is 2.49 bits per heavy atom. The summed E-state index contributed by atoms with van der Waals surface area (Å²) in [6, 6.07) is 5.26. The quantitative estimate of drug-likeness (QED) is 0.307. The van der Waals surface area contributed by atoms with Crippen LogP contribution in [0.5, 0.6) is 0 Å². The lowest BCUT2D eigenvalue weighted by Gasteiger charge is -2.48. The molecule has 53 heavy (non-hydrogen) atoms. The molecule has 12 heteroatoms. The largest absolute Gasteiger partial charge is 0.459 e. The molecule has 4 saturated heterocycles. The van der Waals surface area contributed by atoms with Gasteiger partial charge in [-0.1, -0.05) is 32.9 Å². The van der Waals surface area contributed by atoms with Crippen molar-refractivity contribution in [3.8, 4) is 0 Å². The third-order valence-electron chi connectivity index (χ3n) is 12.1. The predicted octanol–water partition coefficient (Wildman–Crippen LogP) is 4.11. The molecule has 0 amide bonds. The standard InChI is InChI=1S/C41H65N3O9/c1-11-33-41(8,48)37-28(6)44(18-14-16-30-15-12-13-17-42-30)22-24(2)21-40(7,49-23-29-20-32(29)51-37)36(26(4)34(45)27(5)38(47)52-33)53-39-35(46)31(43(9)10)19-25(3)50-39/h12-17,24-29,31-33,35-37,39,46,48H,11,18-23H2,1-10H3/b16-14+/t24-,25-,26+,27?,28-,29?,31+,32?,33-,35-,36-,37+,39+,40-,41-/m1/s1. The number of hydrogen-bond donors (Lipinski definition) is 2. The molecular formula is C41H65N3O9. The van der Waals surface area contributed by atoms with Crippen LogP contribution < -0.4 is 0 Å². The van der Waals surface area contributed by atoms with Crippen molar-refractivity contribution >= 4 is 17.8 Å². The first kappa shape index (κ1) is 41.9. The van der Waals surface area contributed by atoms with Gasteiger partial charge in [0.05, 0.1) is 36.2 Å². The molecule has 2 bridgehead atoms. The normalized spacial score (nSPS) is 43.7. The number of ketones is 1. The van der Waals surface area contributed by atoms with Gasteiger partial charge in [-0.05, 0) is 98.5 Å². The molecule has 5 aliphatic rings. The maximum absolute atomic E-state index is 14.4. The number of pyridine rings is 1. The number of hydrogen-bond acceptors (Lipinski definition) is 12. The summed E-state index contributed by atoms with van der Waals surface area (Å²) in [5.74, 6) is -3.01. The number of esters is 1. The monoisotopic (exact) mass is 743 g/mol. The molecule has 4 aliphatic heterocycles. The Balaban J connectivity index is 1.60. The van der Waals surface area contributed by atoms with Gasteiger partial charge >= 0.3 is 5.97 Å². The molecule has 1 saturated carbocycles. The molecule has 0 aromatic carbocycles. The van der Waals surface area contributed by atoms with Crippen molar-refractivity contribution in [3.05, 3.63) is 36.2 Å². The number of nitrogens with zero attached hydrogens (tertiary/aromatic N) is 3. The first-order valence-electron chi connectivity index (χ1n) is 19.7. The van der Waals surface area contributed by atoms with E-state index >= 15 is 0 Å². The fraction of sp³-hybridized carbons (Fsp3) is 0.780. The molecule has 2 N–H and O–H groups in total. The number of rotatable bonds is 7. The van der Waals surface area contributed by atoms with E-state index in [0.29, 0.717) is 39.0 Å². The summed E-state index contributed by atoms with van der Waals surface area (Å²) in [7, 11) is 3.84. The van der Waals surface area contributed by atoms with E-state index in [4.69, 9.17) is 23.7 Å². The van der Waals surface area contributed by atoms with Gasteiger partial charge < -0.3 is 38.8 Å². The van der Waals surface area contributed by atoms with E-state index in [-0.39, 0.29) is 41.9 Å². The molecule has 298 valence electrons. The van der Waals surface area contributed by atoms with Crippen molar-refractivity contribution in [2.75, 3.05) is 33.8 Å². The summed E-state index contributed by atoms with van der Waals surface area (Å²) in [6.07, 6.45) is 3.07. The second-order valence-electron chi connectivity index (χ2n) is 17.0. The van der Waals surface area contributed by atoms with E-state index in [1.54, 1.807) is 27.0 Å². The van der Waals surface area contributed by atoms with Crippen LogP contribution in [0.3, 0.4) is 0 Å². The van der Waals surface area contributed by atoms with Crippen LogP contribution in [0.4, 0.5) is 0 Å². The summed E-state index contributed by atoms with van der Waals surface area (Å²) < 4.78 is 32.9. The Morgan fingerprint density at radius 1 is 1.09 bits per heavy atom. The summed E-state index contributed by atoms with van der Waals surface area (Å²) in [5.41, 5.74) is -1.78. The molecule has 0 spiro atoms. The molecule has 12 nitrogen and oxygen atoms in total. The van der Waals surface area contributed by atoms with Gasteiger partial charge in [0, 0.05) is 43.2 Å². The zero-order chi connectivity index (χ0) is 38.8. The van der Waals surface area contributed by atoms with Crippen LogP contribution in [0.25, 0.3) is 6.08 Å². The Labute approximate surface area is 316 Å². The minimum atomic E-state index is -1.59. The number of carbonyl (C=O) groups is 2. The molecular weight excluding hydrogens is 678 g/mol. The lowest BCUT2D eigenvalue weighted by atomic mass is 9.78. The lowest BCUT2D eigenvalue weighted by Crippen LogP contribution is -2.61. The van der Waals surface area contributed by atoms with Crippen molar-refractivity contribution in [3.63, 3.8) is 0 Å². The molecule has 5 fully saturated rings. The number of Topliss-reactive ketones (excluding diaryl/α,β-unsaturated/α-hetero) is 1.